The van der Waals surface area contributed by atoms with Crippen LogP contribution >= 0.6 is 0 Å². The van der Waals surface area contributed by atoms with Gasteiger partial charge in [0.25, 0.3) is 0 Å². The third-order valence-corrected chi connectivity index (χ3v) is 6.36. The number of anilines is 1. The van der Waals surface area contributed by atoms with E-state index in [2.05, 4.69) is 13.8 Å². The summed E-state index contributed by atoms with van der Waals surface area (Å²) < 4.78 is 16.4. The lowest BCUT2D eigenvalue weighted by atomic mass is 9.69. The fourth-order valence-corrected chi connectivity index (χ4v) is 4.93. The quantitative estimate of drug-likeness (QED) is 0.601. The van der Waals surface area contributed by atoms with Gasteiger partial charge in [-0.2, -0.15) is 0 Å². The standard InChI is InChI=1S/C27H31NO5/c1-6-33-19-10-8-18(9-11-19)28-21-15-27(2,3)16-22(29)26(21)20(14-25(28)30)17-7-12-23(31-4)24(13-17)32-5/h7-13,20H,6,14-16H2,1-5H3. The van der Waals surface area contributed by atoms with E-state index in [9.17, 15) is 9.59 Å². The molecule has 0 spiro atoms. The molecule has 0 radical (unpaired) electrons. The first-order valence-corrected chi connectivity index (χ1v) is 11.3. The molecule has 2 aliphatic rings. The molecular formula is C27H31NO5. The summed E-state index contributed by atoms with van der Waals surface area (Å²) in [5.74, 6) is 1.72. The second kappa shape index (κ2) is 8.93. The Balaban J connectivity index is 1.83. The highest BCUT2D eigenvalue weighted by molar-refractivity contribution is 6.07. The van der Waals surface area contributed by atoms with E-state index in [-0.39, 0.29) is 29.4 Å². The van der Waals surface area contributed by atoms with Gasteiger partial charge in [0.15, 0.2) is 17.3 Å². The van der Waals surface area contributed by atoms with Crippen LogP contribution in [0.5, 0.6) is 17.2 Å². The fourth-order valence-electron chi connectivity index (χ4n) is 4.93. The van der Waals surface area contributed by atoms with Crippen molar-refractivity contribution in [3.05, 3.63) is 59.3 Å². The Hall–Kier alpha value is -3.28. The van der Waals surface area contributed by atoms with Crippen LogP contribution in [-0.4, -0.2) is 32.5 Å². The first-order chi connectivity index (χ1) is 15.8. The van der Waals surface area contributed by atoms with Gasteiger partial charge in [0.2, 0.25) is 5.91 Å². The SMILES string of the molecule is CCOc1ccc(N2C(=O)CC(c3ccc(OC)c(OC)c3)C3=C2CC(C)(C)CC3=O)cc1. The van der Waals surface area contributed by atoms with E-state index in [1.54, 1.807) is 19.1 Å². The van der Waals surface area contributed by atoms with Crippen molar-refractivity contribution in [3.63, 3.8) is 0 Å². The van der Waals surface area contributed by atoms with Gasteiger partial charge in [0.1, 0.15) is 5.75 Å². The predicted octanol–water partition coefficient (Wildman–Crippen LogP) is 5.27. The van der Waals surface area contributed by atoms with E-state index in [1.807, 2.05) is 49.4 Å². The second-order valence-corrected chi connectivity index (χ2v) is 9.33. The maximum atomic E-state index is 13.5. The number of ketones is 1. The molecule has 4 rings (SSSR count). The highest BCUT2D eigenvalue weighted by Crippen LogP contribution is 2.49. The molecule has 174 valence electrons. The lowest BCUT2D eigenvalue weighted by Crippen LogP contribution is -2.43. The number of nitrogens with zero attached hydrogens (tertiary/aromatic N) is 1. The first kappa shape index (κ1) is 22.9. The molecule has 1 aliphatic carbocycles. The molecule has 1 heterocycles. The van der Waals surface area contributed by atoms with Gasteiger partial charge in [-0.25, -0.2) is 0 Å². The van der Waals surface area contributed by atoms with E-state index in [1.165, 1.54) is 0 Å². The van der Waals surface area contributed by atoms with Gasteiger partial charge in [-0.1, -0.05) is 19.9 Å². The molecule has 2 aromatic carbocycles. The van der Waals surface area contributed by atoms with Gasteiger partial charge in [0.05, 0.1) is 20.8 Å². The Morgan fingerprint density at radius 1 is 0.970 bits per heavy atom. The maximum absolute atomic E-state index is 13.5. The van der Waals surface area contributed by atoms with Crippen LogP contribution in [0, 0.1) is 5.41 Å². The molecule has 0 aromatic heterocycles. The van der Waals surface area contributed by atoms with Gasteiger partial charge in [-0.05, 0) is 60.7 Å². The molecule has 1 atom stereocenters. The van der Waals surface area contributed by atoms with Gasteiger partial charge >= 0.3 is 0 Å². The summed E-state index contributed by atoms with van der Waals surface area (Å²) in [6.45, 7) is 6.67. The zero-order valence-electron chi connectivity index (χ0n) is 19.9. The van der Waals surface area contributed by atoms with Crippen molar-refractivity contribution in [1.82, 2.24) is 0 Å². The zero-order valence-corrected chi connectivity index (χ0v) is 19.9. The number of benzene rings is 2. The molecule has 0 saturated heterocycles. The van der Waals surface area contributed by atoms with Crippen LogP contribution in [0.15, 0.2) is 53.7 Å². The van der Waals surface area contributed by atoms with Crippen molar-refractivity contribution < 1.29 is 23.8 Å². The molecular weight excluding hydrogens is 418 g/mol. The lowest BCUT2D eigenvalue weighted by molar-refractivity contribution is -0.121. The van der Waals surface area contributed by atoms with E-state index >= 15 is 0 Å². The average Bonchev–Trinajstić information content (AvgIpc) is 2.78. The van der Waals surface area contributed by atoms with Crippen molar-refractivity contribution in [3.8, 4) is 17.2 Å². The van der Waals surface area contributed by atoms with Crippen molar-refractivity contribution in [2.45, 2.75) is 46.0 Å². The van der Waals surface area contributed by atoms with E-state index in [4.69, 9.17) is 14.2 Å². The minimum Gasteiger partial charge on any atom is -0.494 e. The second-order valence-electron chi connectivity index (χ2n) is 9.33. The molecule has 2 aromatic rings. The summed E-state index contributed by atoms with van der Waals surface area (Å²) in [5.41, 5.74) is 2.95. The number of methoxy groups -OCH3 is 2. The Labute approximate surface area is 195 Å². The van der Waals surface area contributed by atoms with Gasteiger partial charge in [0, 0.05) is 35.7 Å². The molecule has 6 nitrogen and oxygen atoms in total. The van der Waals surface area contributed by atoms with Crippen LogP contribution in [0.1, 0.15) is 51.5 Å². The summed E-state index contributed by atoms with van der Waals surface area (Å²) in [4.78, 5) is 28.7. The molecule has 6 heteroatoms. The third-order valence-electron chi connectivity index (χ3n) is 6.36. The number of hydrogen-bond donors (Lipinski definition) is 0. The molecule has 0 N–H and O–H groups in total. The zero-order chi connectivity index (χ0) is 23.8. The number of carbonyl (C=O) groups excluding carboxylic acids is 2. The molecule has 0 bridgehead atoms. The van der Waals surface area contributed by atoms with Crippen LogP contribution in [0.25, 0.3) is 0 Å². The fraction of sp³-hybridized carbons (Fsp3) is 0.407. The Morgan fingerprint density at radius 2 is 1.67 bits per heavy atom. The van der Waals surface area contributed by atoms with E-state index in [0.29, 0.717) is 30.9 Å². The number of amides is 1. The molecule has 0 saturated carbocycles. The number of Topliss-reactive ketones (excluding diaryl/α,β-unsaturated/α-hetero) is 1. The highest BCUT2D eigenvalue weighted by Gasteiger charge is 2.44. The van der Waals surface area contributed by atoms with Crippen molar-refractivity contribution in [2.75, 3.05) is 25.7 Å². The maximum Gasteiger partial charge on any atom is 0.232 e. The van der Waals surface area contributed by atoms with Crippen LogP contribution in [0.2, 0.25) is 0 Å². The monoisotopic (exact) mass is 449 g/mol. The Bertz CT molecular complexity index is 1100. The van der Waals surface area contributed by atoms with Crippen LogP contribution < -0.4 is 19.1 Å². The Morgan fingerprint density at radius 3 is 2.30 bits per heavy atom. The molecule has 0 fully saturated rings. The highest BCUT2D eigenvalue weighted by atomic mass is 16.5. The van der Waals surface area contributed by atoms with E-state index in [0.717, 1.165) is 28.3 Å². The number of carbonyl (C=O) groups is 2. The average molecular weight is 450 g/mol. The van der Waals surface area contributed by atoms with E-state index < -0.39 is 0 Å². The molecule has 1 aliphatic heterocycles. The van der Waals surface area contributed by atoms with Crippen LogP contribution in [0.3, 0.4) is 0 Å². The van der Waals surface area contributed by atoms with Gasteiger partial charge < -0.3 is 14.2 Å². The smallest absolute Gasteiger partial charge is 0.232 e. The first-order valence-electron chi connectivity index (χ1n) is 11.3. The van der Waals surface area contributed by atoms with Crippen molar-refractivity contribution in [2.24, 2.45) is 5.41 Å². The van der Waals surface area contributed by atoms with Crippen molar-refractivity contribution >= 4 is 17.4 Å². The Kier molecular flexibility index (Phi) is 6.19. The summed E-state index contributed by atoms with van der Waals surface area (Å²) in [7, 11) is 3.17. The largest absolute Gasteiger partial charge is 0.494 e. The van der Waals surface area contributed by atoms with Crippen LogP contribution in [0.4, 0.5) is 5.69 Å². The number of ether oxygens (including phenoxy) is 3. The lowest BCUT2D eigenvalue weighted by Gasteiger charge is -2.43. The predicted molar refractivity (Wildman–Crippen MR) is 127 cm³/mol. The van der Waals surface area contributed by atoms with Gasteiger partial charge in [-0.3, -0.25) is 14.5 Å². The number of rotatable bonds is 6. The van der Waals surface area contributed by atoms with Gasteiger partial charge in [-0.15, -0.1) is 0 Å². The number of hydrogen-bond acceptors (Lipinski definition) is 5. The third kappa shape index (κ3) is 4.34. The minimum atomic E-state index is -0.310. The number of allylic oxidation sites excluding steroid dienone is 2. The van der Waals surface area contributed by atoms with Crippen molar-refractivity contribution in [1.29, 1.82) is 0 Å². The summed E-state index contributed by atoms with van der Waals surface area (Å²) in [6.07, 6.45) is 1.32. The van der Waals surface area contributed by atoms with Crippen LogP contribution in [-0.2, 0) is 9.59 Å². The summed E-state index contributed by atoms with van der Waals surface area (Å²) in [6, 6.07) is 13.1. The topological polar surface area (TPSA) is 65.1 Å². The summed E-state index contributed by atoms with van der Waals surface area (Å²) >= 11 is 0. The molecule has 1 amide bonds. The normalized spacial score (nSPS) is 19.9. The molecule has 33 heavy (non-hydrogen) atoms. The summed E-state index contributed by atoms with van der Waals surface area (Å²) in [5, 5.41) is 0. The minimum absolute atomic E-state index is 0.0248. The molecule has 1 unspecified atom stereocenters.